The SMILES string of the molecule is Cc1cc(N2CCCC(CN3CCOCC3)C2)c2cccc(F)c2n1. The van der Waals surface area contributed by atoms with Crippen LogP contribution in [0, 0.1) is 18.7 Å². The largest absolute Gasteiger partial charge is 0.379 e. The summed E-state index contributed by atoms with van der Waals surface area (Å²) >= 11 is 0. The molecule has 0 aliphatic carbocycles. The number of rotatable bonds is 3. The molecule has 0 saturated carbocycles. The van der Waals surface area contributed by atoms with Crippen molar-refractivity contribution in [3.8, 4) is 0 Å². The smallest absolute Gasteiger partial charge is 0.149 e. The predicted molar refractivity (Wildman–Crippen MR) is 98.6 cm³/mol. The molecule has 0 bridgehead atoms. The molecule has 0 radical (unpaired) electrons. The maximum absolute atomic E-state index is 14.2. The number of hydrogen-bond donors (Lipinski definition) is 0. The van der Waals surface area contributed by atoms with Crippen LogP contribution in [-0.4, -0.2) is 55.8 Å². The Hall–Kier alpha value is -1.72. The van der Waals surface area contributed by atoms with Gasteiger partial charge < -0.3 is 9.64 Å². The van der Waals surface area contributed by atoms with Crippen molar-refractivity contribution in [1.29, 1.82) is 0 Å². The van der Waals surface area contributed by atoms with Crippen LogP contribution in [0.3, 0.4) is 0 Å². The first-order chi connectivity index (χ1) is 12.2. The van der Waals surface area contributed by atoms with Crippen molar-refractivity contribution in [2.24, 2.45) is 5.92 Å². The fourth-order valence-corrected chi connectivity index (χ4v) is 4.16. The molecule has 2 saturated heterocycles. The van der Waals surface area contributed by atoms with E-state index in [0.717, 1.165) is 62.7 Å². The molecule has 2 aliphatic heterocycles. The minimum atomic E-state index is -0.232. The van der Waals surface area contributed by atoms with E-state index in [2.05, 4.69) is 20.9 Å². The van der Waals surface area contributed by atoms with Crippen LogP contribution in [0.5, 0.6) is 0 Å². The van der Waals surface area contributed by atoms with Gasteiger partial charge in [0, 0.05) is 49.5 Å². The second-order valence-corrected chi connectivity index (χ2v) is 7.29. The lowest BCUT2D eigenvalue weighted by atomic mass is 9.96. The fourth-order valence-electron chi connectivity index (χ4n) is 4.16. The average Bonchev–Trinajstić information content (AvgIpc) is 2.63. The molecule has 1 aromatic carbocycles. The molecule has 0 spiro atoms. The van der Waals surface area contributed by atoms with Crippen LogP contribution in [0.1, 0.15) is 18.5 Å². The van der Waals surface area contributed by atoms with Crippen molar-refractivity contribution in [3.63, 3.8) is 0 Å². The lowest BCUT2D eigenvalue weighted by Crippen LogP contribution is -2.44. The standard InChI is InChI=1S/C20H26FN3O/c1-15-12-19(17-5-2-6-18(21)20(17)22-15)24-7-3-4-16(14-24)13-23-8-10-25-11-9-23/h2,5-6,12,16H,3-4,7-11,13-14H2,1H3. The Kier molecular flexibility index (Phi) is 4.86. The van der Waals surface area contributed by atoms with Gasteiger partial charge in [0.25, 0.3) is 0 Å². The quantitative estimate of drug-likeness (QED) is 0.855. The van der Waals surface area contributed by atoms with Gasteiger partial charge in [-0.3, -0.25) is 4.90 Å². The lowest BCUT2D eigenvalue weighted by molar-refractivity contribution is 0.0296. The minimum absolute atomic E-state index is 0.232. The van der Waals surface area contributed by atoms with Crippen LogP contribution in [0.25, 0.3) is 10.9 Å². The van der Waals surface area contributed by atoms with Crippen LogP contribution in [0.15, 0.2) is 24.3 Å². The number of morpholine rings is 1. The molecule has 134 valence electrons. The number of hydrogen-bond acceptors (Lipinski definition) is 4. The van der Waals surface area contributed by atoms with Crippen molar-refractivity contribution >= 4 is 16.6 Å². The van der Waals surface area contributed by atoms with Crippen LogP contribution in [0.4, 0.5) is 10.1 Å². The van der Waals surface area contributed by atoms with Gasteiger partial charge in [-0.05, 0) is 37.8 Å². The number of benzene rings is 1. The van der Waals surface area contributed by atoms with Crippen molar-refractivity contribution in [3.05, 3.63) is 35.8 Å². The van der Waals surface area contributed by atoms with Crippen molar-refractivity contribution in [1.82, 2.24) is 9.88 Å². The minimum Gasteiger partial charge on any atom is -0.379 e. The zero-order valence-electron chi connectivity index (χ0n) is 14.9. The van der Waals surface area contributed by atoms with Gasteiger partial charge in [-0.1, -0.05) is 12.1 Å². The number of piperidine rings is 1. The summed E-state index contributed by atoms with van der Waals surface area (Å²) < 4.78 is 19.7. The van der Waals surface area contributed by atoms with Gasteiger partial charge in [0.1, 0.15) is 11.3 Å². The highest BCUT2D eigenvalue weighted by Gasteiger charge is 2.24. The summed E-state index contributed by atoms with van der Waals surface area (Å²) in [4.78, 5) is 9.38. The molecule has 2 aromatic rings. The van der Waals surface area contributed by atoms with Gasteiger partial charge in [0.2, 0.25) is 0 Å². The summed E-state index contributed by atoms with van der Waals surface area (Å²) in [6.45, 7) is 8.94. The molecule has 4 rings (SSSR count). The first-order valence-corrected chi connectivity index (χ1v) is 9.31. The van der Waals surface area contributed by atoms with Gasteiger partial charge in [-0.2, -0.15) is 0 Å². The first kappa shape index (κ1) is 16.7. The molecule has 0 amide bonds. The van der Waals surface area contributed by atoms with Crippen LogP contribution in [-0.2, 0) is 4.74 Å². The number of aromatic nitrogens is 1. The van der Waals surface area contributed by atoms with E-state index in [4.69, 9.17) is 4.74 Å². The van der Waals surface area contributed by atoms with E-state index >= 15 is 0 Å². The molecule has 5 heteroatoms. The molecule has 25 heavy (non-hydrogen) atoms. The van der Waals surface area contributed by atoms with Gasteiger partial charge in [0.15, 0.2) is 0 Å². The zero-order valence-corrected chi connectivity index (χ0v) is 14.9. The van der Waals surface area contributed by atoms with E-state index < -0.39 is 0 Å². The second-order valence-electron chi connectivity index (χ2n) is 7.29. The summed E-state index contributed by atoms with van der Waals surface area (Å²) in [5, 5.41) is 0.928. The van der Waals surface area contributed by atoms with Gasteiger partial charge >= 0.3 is 0 Å². The Morgan fingerprint density at radius 1 is 1.24 bits per heavy atom. The summed E-state index contributed by atoms with van der Waals surface area (Å²) in [6.07, 6.45) is 2.46. The zero-order chi connectivity index (χ0) is 17.2. The third-order valence-electron chi connectivity index (χ3n) is 5.38. The average molecular weight is 343 g/mol. The fraction of sp³-hybridized carbons (Fsp3) is 0.550. The molecule has 1 atom stereocenters. The monoisotopic (exact) mass is 343 g/mol. The summed E-state index contributed by atoms with van der Waals surface area (Å²) in [5.74, 6) is 0.424. The van der Waals surface area contributed by atoms with Crippen LogP contribution >= 0.6 is 0 Å². The van der Waals surface area contributed by atoms with E-state index in [0.29, 0.717) is 11.4 Å². The summed E-state index contributed by atoms with van der Waals surface area (Å²) in [7, 11) is 0. The number of pyridine rings is 1. The second kappa shape index (κ2) is 7.26. The third kappa shape index (κ3) is 3.62. The maximum Gasteiger partial charge on any atom is 0.149 e. The highest BCUT2D eigenvalue weighted by atomic mass is 19.1. The molecule has 0 N–H and O–H groups in total. The summed E-state index contributed by atoms with van der Waals surface area (Å²) in [5.41, 5.74) is 2.50. The molecule has 2 aliphatic rings. The number of ether oxygens (including phenoxy) is 1. The number of fused-ring (bicyclic) bond motifs is 1. The molecule has 1 unspecified atom stereocenters. The first-order valence-electron chi connectivity index (χ1n) is 9.31. The Morgan fingerprint density at radius 2 is 2.08 bits per heavy atom. The van der Waals surface area contributed by atoms with E-state index in [-0.39, 0.29) is 5.82 Å². The molecule has 2 fully saturated rings. The highest BCUT2D eigenvalue weighted by Crippen LogP contribution is 2.31. The maximum atomic E-state index is 14.2. The van der Waals surface area contributed by atoms with Crippen LogP contribution in [0.2, 0.25) is 0 Å². The number of nitrogens with zero attached hydrogens (tertiary/aromatic N) is 3. The molecule has 1 aromatic heterocycles. The van der Waals surface area contributed by atoms with Gasteiger partial charge in [0.05, 0.1) is 13.2 Å². The highest BCUT2D eigenvalue weighted by molar-refractivity contribution is 5.92. The Bertz CT molecular complexity index is 745. The Morgan fingerprint density at radius 3 is 2.92 bits per heavy atom. The van der Waals surface area contributed by atoms with Gasteiger partial charge in [-0.15, -0.1) is 0 Å². The molecule has 3 heterocycles. The van der Waals surface area contributed by atoms with E-state index in [1.165, 1.54) is 18.9 Å². The molecular formula is C20H26FN3O. The molecular weight excluding hydrogens is 317 g/mol. The lowest BCUT2D eigenvalue weighted by Gasteiger charge is -2.38. The van der Waals surface area contributed by atoms with Gasteiger partial charge in [-0.25, -0.2) is 9.37 Å². The van der Waals surface area contributed by atoms with Crippen LogP contribution < -0.4 is 4.90 Å². The number of para-hydroxylation sites is 1. The normalized spacial score (nSPS) is 22.5. The van der Waals surface area contributed by atoms with Crippen molar-refractivity contribution in [2.45, 2.75) is 19.8 Å². The van der Waals surface area contributed by atoms with Crippen molar-refractivity contribution < 1.29 is 9.13 Å². The number of anilines is 1. The predicted octanol–water partition coefficient (Wildman–Crippen LogP) is 3.23. The third-order valence-corrected chi connectivity index (χ3v) is 5.38. The topological polar surface area (TPSA) is 28.6 Å². The van der Waals surface area contributed by atoms with Crippen molar-refractivity contribution in [2.75, 3.05) is 50.8 Å². The number of halogens is 1. The van der Waals surface area contributed by atoms with E-state index in [9.17, 15) is 4.39 Å². The Labute approximate surface area is 148 Å². The van der Waals surface area contributed by atoms with E-state index in [1.807, 2.05) is 13.0 Å². The molecule has 4 nitrogen and oxygen atoms in total. The Balaban J connectivity index is 1.57. The van der Waals surface area contributed by atoms with E-state index in [1.54, 1.807) is 6.07 Å². The number of aryl methyl sites for hydroxylation is 1. The summed E-state index contributed by atoms with van der Waals surface area (Å²) in [6, 6.07) is 7.38.